The lowest BCUT2D eigenvalue weighted by Crippen LogP contribution is -2.51. The van der Waals surface area contributed by atoms with Crippen molar-refractivity contribution in [3.05, 3.63) is 53.6 Å². The molecule has 10 heteroatoms. The van der Waals surface area contributed by atoms with Gasteiger partial charge in [0.05, 0.1) is 25.5 Å². The molecule has 0 spiro atoms. The number of halogens is 3. The number of nitrogens with zero attached hydrogens (tertiary/aromatic N) is 2. The van der Waals surface area contributed by atoms with E-state index in [-0.39, 0.29) is 37.8 Å². The number of amides is 3. The van der Waals surface area contributed by atoms with Crippen molar-refractivity contribution in [1.29, 1.82) is 0 Å². The third-order valence-electron chi connectivity index (χ3n) is 4.93. The lowest BCUT2D eigenvalue weighted by Gasteiger charge is -2.35. The normalized spacial score (nSPS) is 14.2. The molecule has 0 aliphatic carbocycles. The molecule has 0 saturated carbocycles. The Bertz CT molecular complexity index is 935. The zero-order valence-corrected chi connectivity index (χ0v) is 17.0. The van der Waals surface area contributed by atoms with E-state index in [1.165, 1.54) is 37.3 Å². The van der Waals surface area contributed by atoms with Crippen LogP contribution in [0.15, 0.2) is 42.5 Å². The number of piperazine rings is 1. The van der Waals surface area contributed by atoms with Crippen LogP contribution in [-0.4, -0.2) is 62.1 Å². The van der Waals surface area contributed by atoms with Crippen LogP contribution in [0, 0.1) is 0 Å². The van der Waals surface area contributed by atoms with Crippen LogP contribution in [-0.2, 0) is 6.18 Å². The number of para-hydroxylation sites is 1. The predicted molar refractivity (Wildman–Crippen MR) is 107 cm³/mol. The van der Waals surface area contributed by atoms with Gasteiger partial charge in [0.25, 0.3) is 5.91 Å². The Hall–Kier alpha value is -3.43. The zero-order valence-electron chi connectivity index (χ0n) is 17.0. The van der Waals surface area contributed by atoms with Crippen molar-refractivity contribution in [2.24, 2.45) is 0 Å². The van der Waals surface area contributed by atoms with Gasteiger partial charge in [-0.05, 0) is 24.3 Å². The fourth-order valence-corrected chi connectivity index (χ4v) is 3.26. The molecule has 1 N–H and O–H groups in total. The second-order valence-electron chi connectivity index (χ2n) is 6.85. The number of rotatable bonds is 4. The summed E-state index contributed by atoms with van der Waals surface area (Å²) >= 11 is 0. The van der Waals surface area contributed by atoms with Gasteiger partial charge in [0.2, 0.25) is 0 Å². The molecule has 1 fully saturated rings. The largest absolute Gasteiger partial charge is 0.497 e. The lowest BCUT2D eigenvalue weighted by atomic mass is 10.1. The van der Waals surface area contributed by atoms with Crippen molar-refractivity contribution in [2.75, 3.05) is 45.7 Å². The van der Waals surface area contributed by atoms with Crippen molar-refractivity contribution >= 4 is 17.6 Å². The summed E-state index contributed by atoms with van der Waals surface area (Å²) in [4.78, 5) is 28.2. The summed E-state index contributed by atoms with van der Waals surface area (Å²) in [6, 6.07) is 8.99. The van der Waals surface area contributed by atoms with Crippen LogP contribution in [0.2, 0.25) is 0 Å². The van der Waals surface area contributed by atoms with Crippen LogP contribution in [0.4, 0.5) is 23.7 Å². The van der Waals surface area contributed by atoms with E-state index in [0.29, 0.717) is 17.1 Å². The average molecular weight is 437 g/mol. The van der Waals surface area contributed by atoms with Crippen LogP contribution in [0.5, 0.6) is 11.5 Å². The summed E-state index contributed by atoms with van der Waals surface area (Å²) in [6.45, 7) is 0.860. The van der Waals surface area contributed by atoms with Gasteiger partial charge in [0.1, 0.15) is 11.5 Å². The first-order valence-electron chi connectivity index (χ1n) is 9.47. The summed E-state index contributed by atoms with van der Waals surface area (Å²) in [7, 11) is 2.97. The Morgan fingerprint density at radius 3 is 2.00 bits per heavy atom. The van der Waals surface area contributed by atoms with Gasteiger partial charge in [0, 0.05) is 37.8 Å². The van der Waals surface area contributed by atoms with Crippen molar-refractivity contribution in [2.45, 2.75) is 6.18 Å². The lowest BCUT2D eigenvalue weighted by molar-refractivity contribution is -0.136. The minimum Gasteiger partial charge on any atom is -0.497 e. The second-order valence-corrected chi connectivity index (χ2v) is 6.85. The summed E-state index contributed by atoms with van der Waals surface area (Å²) in [6.07, 6.45) is -4.58. The molecule has 1 heterocycles. The molecule has 2 aromatic rings. The van der Waals surface area contributed by atoms with Gasteiger partial charge in [-0.2, -0.15) is 13.2 Å². The maximum atomic E-state index is 13.1. The van der Waals surface area contributed by atoms with E-state index in [1.54, 1.807) is 23.1 Å². The van der Waals surface area contributed by atoms with Gasteiger partial charge in [-0.15, -0.1) is 0 Å². The first-order valence-corrected chi connectivity index (χ1v) is 9.47. The fraction of sp³-hybridized carbons (Fsp3) is 0.333. The minimum atomic E-state index is -4.58. The summed E-state index contributed by atoms with van der Waals surface area (Å²) in [5, 5.41) is 2.32. The van der Waals surface area contributed by atoms with E-state index in [2.05, 4.69) is 5.32 Å². The SMILES string of the molecule is COc1cc(OC)cc(C(=O)N2CCN(C(=O)Nc3ccccc3C(F)(F)F)CC2)c1. The molecule has 0 aromatic heterocycles. The molecule has 0 atom stereocenters. The Morgan fingerprint density at radius 2 is 1.45 bits per heavy atom. The molecule has 1 aliphatic rings. The van der Waals surface area contributed by atoms with E-state index < -0.39 is 17.8 Å². The minimum absolute atomic E-state index is 0.187. The zero-order chi connectivity index (χ0) is 22.6. The molecule has 0 bridgehead atoms. The first-order chi connectivity index (χ1) is 14.7. The summed E-state index contributed by atoms with van der Waals surface area (Å²) in [5.41, 5.74) is -0.834. The van der Waals surface area contributed by atoms with Crippen molar-refractivity contribution in [1.82, 2.24) is 9.80 Å². The topological polar surface area (TPSA) is 71.1 Å². The van der Waals surface area contributed by atoms with Crippen LogP contribution >= 0.6 is 0 Å². The first kappa shape index (κ1) is 22.3. The molecule has 31 heavy (non-hydrogen) atoms. The Labute approximate surface area is 177 Å². The number of carbonyl (C=O) groups is 2. The number of hydrogen-bond acceptors (Lipinski definition) is 4. The highest BCUT2D eigenvalue weighted by atomic mass is 19.4. The molecule has 1 aliphatic heterocycles. The molecule has 3 rings (SSSR count). The van der Waals surface area contributed by atoms with Crippen molar-refractivity contribution in [3.63, 3.8) is 0 Å². The van der Waals surface area contributed by atoms with Gasteiger partial charge in [-0.1, -0.05) is 12.1 Å². The molecule has 2 aromatic carbocycles. The van der Waals surface area contributed by atoms with Crippen LogP contribution in [0.1, 0.15) is 15.9 Å². The summed E-state index contributed by atoms with van der Waals surface area (Å²) < 4.78 is 49.7. The highest BCUT2D eigenvalue weighted by Crippen LogP contribution is 2.34. The number of anilines is 1. The van der Waals surface area contributed by atoms with Gasteiger partial charge in [-0.3, -0.25) is 4.79 Å². The quantitative estimate of drug-likeness (QED) is 0.792. The number of benzene rings is 2. The van der Waals surface area contributed by atoms with Gasteiger partial charge in [0.15, 0.2) is 0 Å². The fourth-order valence-electron chi connectivity index (χ4n) is 3.26. The third-order valence-corrected chi connectivity index (χ3v) is 4.93. The molecule has 0 radical (unpaired) electrons. The van der Waals surface area contributed by atoms with E-state index in [1.807, 2.05) is 0 Å². The Kier molecular flexibility index (Phi) is 6.57. The highest BCUT2D eigenvalue weighted by molar-refractivity contribution is 5.95. The second kappa shape index (κ2) is 9.15. The predicted octanol–water partition coefficient (Wildman–Crippen LogP) is 3.71. The Morgan fingerprint density at radius 1 is 0.903 bits per heavy atom. The molecule has 0 unspecified atom stereocenters. The van der Waals surface area contributed by atoms with Crippen LogP contribution in [0.3, 0.4) is 0 Å². The summed E-state index contributed by atoms with van der Waals surface area (Å²) in [5.74, 6) is 0.702. The number of methoxy groups -OCH3 is 2. The molecule has 7 nitrogen and oxygen atoms in total. The smallest absolute Gasteiger partial charge is 0.418 e. The number of ether oxygens (including phenoxy) is 2. The van der Waals surface area contributed by atoms with Gasteiger partial charge in [-0.25, -0.2) is 4.79 Å². The average Bonchev–Trinajstić information content (AvgIpc) is 2.77. The number of carbonyl (C=O) groups excluding carboxylic acids is 2. The van der Waals surface area contributed by atoms with Crippen LogP contribution in [0.25, 0.3) is 0 Å². The van der Waals surface area contributed by atoms with Crippen LogP contribution < -0.4 is 14.8 Å². The number of urea groups is 1. The van der Waals surface area contributed by atoms with Crippen molar-refractivity contribution in [3.8, 4) is 11.5 Å². The maximum Gasteiger partial charge on any atom is 0.418 e. The third kappa shape index (κ3) is 5.19. The van der Waals surface area contributed by atoms with Crippen molar-refractivity contribution < 1.29 is 32.2 Å². The van der Waals surface area contributed by atoms with E-state index >= 15 is 0 Å². The molecule has 3 amide bonds. The number of hydrogen-bond donors (Lipinski definition) is 1. The van der Waals surface area contributed by atoms with Gasteiger partial charge >= 0.3 is 12.2 Å². The molecular formula is C21H22F3N3O4. The number of alkyl halides is 3. The van der Waals surface area contributed by atoms with E-state index in [4.69, 9.17) is 9.47 Å². The van der Waals surface area contributed by atoms with E-state index in [0.717, 1.165) is 6.07 Å². The van der Waals surface area contributed by atoms with E-state index in [9.17, 15) is 22.8 Å². The number of nitrogens with one attached hydrogen (secondary N) is 1. The maximum absolute atomic E-state index is 13.1. The highest BCUT2D eigenvalue weighted by Gasteiger charge is 2.34. The standard InChI is InChI=1S/C21H22F3N3O4/c1-30-15-11-14(12-16(13-15)31-2)19(28)26-7-9-27(10-8-26)20(29)25-18-6-4-3-5-17(18)21(22,23)24/h3-6,11-13H,7-10H2,1-2H3,(H,25,29). The Balaban J connectivity index is 1.64. The molecule has 1 saturated heterocycles. The molecular weight excluding hydrogens is 415 g/mol. The monoisotopic (exact) mass is 437 g/mol. The van der Waals surface area contributed by atoms with Gasteiger partial charge < -0.3 is 24.6 Å². The molecule has 166 valence electrons.